The van der Waals surface area contributed by atoms with Crippen LogP contribution in [-0.2, 0) is 26.6 Å². The summed E-state index contributed by atoms with van der Waals surface area (Å²) in [5, 5.41) is 0.384. The van der Waals surface area contributed by atoms with E-state index in [-0.39, 0.29) is 59.2 Å². The molecule has 0 amide bonds. The second-order valence-corrected chi connectivity index (χ2v) is 19.6. The molecule has 0 bridgehead atoms. The molecule has 2 aliphatic heterocycles. The second-order valence-electron chi connectivity index (χ2n) is 18.2. The maximum Gasteiger partial charge on any atom is 1.00 e. The standard InChI is InChI=1S/2C15H23O3.C15H16O3.Al/c3*16-11-7-4-8-13-15(11)12(17)9-14(18-13)10-5-2-1-3-6-10;/h2*10-11,13-15H,1-9H2;4,7-10,16H,1-3,5-6H2;/q2*-1;;+3/p-1. The topological polar surface area (TPSA) is 110 Å². The average Bonchev–Trinajstić information content (AvgIpc) is 3.21. The lowest BCUT2D eigenvalue weighted by atomic mass is 9.74. The average molecular weight is 773 g/mol. The minimum absolute atomic E-state index is 0.00401. The number of carbonyl (C=O) groups excluding carboxylic acids is 2. The summed E-state index contributed by atoms with van der Waals surface area (Å²) in [4.78, 5) is 42.0. The SMILES string of the molecule is O=C1CC(C2CCCCC2)OC2CCCC([O][Al]([O]c3cccc4oc(C5CCCCC5)cc(=O)c34)[O]C3CCCC4OC(C5CCCCC5)CC(=O)C43)C12. The molecule has 0 spiro atoms. The van der Waals surface area contributed by atoms with Crippen LogP contribution in [0.2, 0.25) is 0 Å². The van der Waals surface area contributed by atoms with Gasteiger partial charge in [0.2, 0.25) is 0 Å². The van der Waals surface area contributed by atoms with Gasteiger partial charge in [0.25, 0.3) is 0 Å². The van der Waals surface area contributed by atoms with Gasteiger partial charge in [-0.1, -0.05) is 63.9 Å². The second kappa shape index (κ2) is 17.4. The molecule has 2 saturated heterocycles. The summed E-state index contributed by atoms with van der Waals surface area (Å²) in [5.41, 5.74) is 0.373. The molecule has 0 N–H and O–H groups in total. The van der Waals surface area contributed by atoms with Crippen molar-refractivity contribution in [1.82, 2.24) is 0 Å². The first-order chi connectivity index (χ1) is 27.0. The zero-order chi connectivity index (χ0) is 37.3. The number of hydrogen-bond acceptors (Lipinski definition) is 9. The number of rotatable bonds is 9. The number of fused-ring (bicyclic) bond motifs is 3. The van der Waals surface area contributed by atoms with Crippen molar-refractivity contribution in [2.45, 2.75) is 190 Å². The molecule has 1 aromatic carbocycles. The van der Waals surface area contributed by atoms with Gasteiger partial charge in [0.05, 0.1) is 42.0 Å². The molecule has 55 heavy (non-hydrogen) atoms. The Hall–Kier alpha value is -2.06. The van der Waals surface area contributed by atoms with Crippen molar-refractivity contribution in [2.75, 3.05) is 0 Å². The summed E-state index contributed by atoms with van der Waals surface area (Å²) >= 11 is -3.15. The monoisotopic (exact) mass is 772 g/mol. The molecule has 7 aliphatic rings. The Morgan fingerprint density at radius 3 is 1.64 bits per heavy atom. The smallest absolute Gasteiger partial charge is 0.598 e. The van der Waals surface area contributed by atoms with Crippen LogP contribution in [0.3, 0.4) is 0 Å². The summed E-state index contributed by atoms with van der Waals surface area (Å²) in [6, 6.07) is 7.15. The molecule has 9 nitrogen and oxygen atoms in total. The number of benzene rings is 1. The summed E-state index contributed by atoms with van der Waals surface area (Å²) in [7, 11) is 0. The maximum atomic E-state index is 14.1. The van der Waals surface area contributed by atoms with Crippen LogP contribution in [0.5, 0.6) is 5.75 Å². The van der Waals surface area contributed by atoms with E-state index in [1.807, 2.05) is 12.1 Å². The van der Waals surface area contributed by atoms with Gasteiger partial charge < -0.3 is 25.3 Å². The van der Waals surface area contributed by atoms with E-state index in [4.69, 9.17) is 25.3 Å². The van der Waals surface area contributed by atoms with E-state index in [0.29, 0.717) is 54.2 Å². The van der Waals surface area contributed by atoms with E-state index in [9.17, 15) is 14.4 Å². The number of Topliss-reactive ketones (excluding diaryl/α,β-unsaturated/α-hetero) is 2. The van der Waals surface area contributed by atoms with Crippen LogP contribution < -0.4 is 9.22 Å². The summed E-state index contributed by atoms with van der Waals surface area (Å²) in [6.45, 7) is 0. The number of carbonyl (C=O) groups is 2. The van der Waals surface area contributed by atoms with Gasteiger partial charge in [-0.15, -0.1) is 0 Å². The van der Waals surface area contributed by atoms with Crippen LogP contribution in [0.1, 0.15) is 159 Å². The lowest BCUT2D eigenvalue weighted by molar-refractivity contribution is -0.175. The molecule has 9 rings (SSSR count). The molecule has 0 radical (unpaired) electrons. The van der Waals surface area contributed by atoms with Crippen molar-refractivity contribution in [2.24, 2.45) is 23.7 Å². The first-order valence-electron chi connectivity index (χ1n) is 22.4. The van der Waals surface area contributed by atoms with Crippen molar-refractivity contribution < 1.29 is 34.8 Å². The van der Waals surface area contributed by atoms with E-state index in [1.165, 1.54) is 44.9 Å². The van der Waals surface area contributed by atoms with Crippen molar-refractivity contribution in [3.63, 3.8) is 0 Å². The van der Waals surface area contributed by atoms with Crippen LogP contribution in [0.15, 0.2) is 33.5 Å². The normalized spacial score (nSPS) is 34.3. The lowest BCUT2D eigenvalue weighted by Gasteiger charge is -2.46. The number of ketones is 2. The highest BCUT2D eigenvalue weighted by atomic mass is 27.3. The molecule has 1 aromatic heterocycles. The highest BCUT2D eigenvalue weighted by Crippen LogP contribution is 2.43. The Balaban J connectivity index is 0.980. The van der Waals surface area contributed by atoms with Gasteiger partial charge in [-0.25, -0.2) is 0 Å². The van der Waals surface area contributed by atoms with Gasteiger partial charge in [-0.2, -0.15) is 0 Å². The van der Waals surface area contributed by atoms with Gasteiger partial charge in [-0.05, 0) is 101 Å². The van der Waals surface area contributed by atoms with Crippen molar-refractivity contribution in [1.29, 1.82) is 0 Å². The Bertz CT molecular complexity index is 1640. The fraction of sp³-hybridized carbons (Fsp3) is 0.756. The van der Waals surface area contributed by atoms with Crippen LogP contribution in [0, 0.1) is 23.7 Å². The lowest BCUT2D eigenvalue weighted by Crippen LogP contribution is -2.56. The molecule has 7 fully saturated rings. The van der Waals surface area contributed by atoms with E-state index >= 15 is 0 Å². The fourth-order valence-electron chi connectivity index (χ4n) is 11.8. The van der Waals surface area contributed by atoms with Gasteiger partial charge in [0.1, 0.15) is 28.3 Å². The summed E-state index contributed by atoms with van der Waals surface area (Å²) in [6.07, 6.45) is 22.1. The largest absolute Gasteiger partial charge is 1.00 e. The third kappa shape index (κ3) is 8.43. The zero-order valence-corrected chi connectivity index (χ0v) is 33.8. The predicted molar refractivity (Wildman–Crippen MR) is 209 cm³/mol. The molecule has 10 heteroatoms. The van der Waals surface area contributed by atoms with Gasteiger partial charge in [0, 0.05) is 37.0 Å². The third-order valence-corrected chi connectivity index (χ3v) is 16.3. The molecule has 3 heterocycles. The van der Waals surface area contributed by atoms with E-state index in [0.717, 1.165) is 82.8 Å². The molecule has 5 aliphatic carbocycles. The Kier molecular flexibility index (Phi) is 12.2. The van der Waals surface area contributed by atoms with Crippen LogP contribution in [0.4, 0.5) is 0 Å². The molecule has 5 saturated carbocycles. The molecular formula is C45H61AlO9. The highest BCUT2D eigenvalue weighted by molar-refractivity contribution is 6.38. The Labute approximate surface area is 331 Å². The molecule has 8 atom stereocenters. The van der Waals surface area contributed by atoms with Gasteiger partial charge >= 0.3 is 15.1 Å². The summed E-state index contributed by atoms with van der Waals surface area (Å²) in [5.74, 6) is 2.01. The van der Waals surface area contributed by atoms with Crippen LogP contribution in [0.25, 0.3) is 11.0 Å². The van der Waals surface area contributed by atoms with Crippen LogP contribution in [-0.4, -0.2) is 63.3 Å². The first kappa shape index (κ1) is 38.5. The van der Waals surface area contributed by atoms with Crippen molar-refractivity contribution in [3.05, 3.63) is 40.2 Å². The van der Waals surface area contributed by atoms with Crippen molar-refractivity contribution >= 4 is 37.7 Å². The minimum Gasteiger partial charge on any atom is -0.598 e. The minimum atomic E-state index is -3.15. The van der Waals surface area contributed by atoms with E-state index in [1.54, 1.807) is 12.1 Å². The number of hydrogen-bond donors (Lipinski definition) is 0. The predicted octanol–water partition coefficient (Wildman–Crippen LogP) is 9.19. The van der Waals surface area contributed by atoms with Crippen LogP contribution >= 0.6 is 0 Å². The first-order valence-corrected chi connectivity index (χ1v) is 23.8. The van der Waals surface area contributed by atoms with Gasteiger partial charge in [0.15, 0.2) is 5.43 Å². The van der Waals surface area contributed by atoms with Gasteiger partial charge in [-0.3, -0.25) is 14.4 Å². The van der Waals surface area contributed by atoms with E-state index in [2.05, 4.69) is 0 Å². The third-order valence-electron chi connectivity index (χ3n) is 14.7. The molecule has 8 unspecified atom stereocenters. The quantitative estimate of drug-likeness (QED) is 0.231. The Morgan fingerprint density at radius 2 is 1.09 bits per heavy atom. The zero-order valence-electron chi connectivity index (χ0n) is 32.7. The molecule has 298 valence electrons. The molecule has 2 aromatic rings. The highest BCUT2D eigenvalue weighted by Gasteiger charge is 2.53. The van der Waals surface area contributed by atoms with Crippen molar-refractivity contribution in [3.8, 4) is 5.75 Å². The summed E-state index contributed by atoms with van der Waals surface area (Å²) < 4.78 is 40.7. The molecular weight excluding hydrogens is 711 g/mol. The number of ether oxygens (including phenoxy) is 2. The Morgan fingerprint density at radius 1 is 0.564 bits per heavy atom. The van der Waals surface area contributed by atoms with E-state index < -0.39 is 27.4 Å². The maximum absolute atomic E-state index is 14.1. The fourth-order valence-corrected chi connectivity index (χ4v) is 13.6.